The molecule has 1 heterocycles. The van der Waals surface area contributed by atoms with Gasteiger partial charge in [0.1, 0.15) is 11.5 Å². The molecule has 0 amide bonds. The second-order valence-corrected chi connectivity index (χ2v) is 9.80. The van der Waals surface area contributed by atoms with Crippen molar-refractivity contribution in [3.8, 4) is 11.5 Å². The molecule has 9 nitrogen and oxygen atoms in total. The van der Waals surface area contributed by atoms with E-state index in [-0.39, 0.29) is 47.7 Å². The summed E-state index contributed by atoms with van der Waals surface area (Å²) in [5.74, 6) is -0.0546. The van der Waals surface area contributed by atoms with Crippen LogP contribution in [0.4, 0.5) is 0 Å². The third-order valence-electron chi connectivity index (χ3n) is 5.28. The largest absolute Gasteiger partial charge is 1.00 e. The zero-order valence-corrected chi connectivity index (χ0v) is 22.7. The first-order chi connectivity index (χ1) is 15.6. The number of sulfonamides is 1. The van der Waals surface area contributed by atoms with E-state index < -0.39 is 21.5 Å². The van der Waals surface area contributed by atoms with Crippen molar-refractivity contribution in [2.45, 2.75) is 37.5 Å². The predicted octanol–water partition coefficient (Wildman–Crippen LogP) is -1.22. The fourth-order valence-corrected chi connectivity index (χ4v) is 4.40. The van der Waals surface area contributed by atoms with Crippen molar-refractivity contribution in [1.82, 2.24) is 14.1 Å². The van der Waals surface area contributed by atoms with E-state index in [1.54, 1.807) is 62.8 Å². The fraction of sp³-hybridized carbons (Fsp3) is 0.304. The number of methoxy groups -OCH3 is 2. The summed E-state index contributed by atoms with van der Waals surface area (Å²) in [4.78, 5) is 11.4. The number of aromatic nitrogens is 2. The number of carboxylic acid groups (broad SMARTS) is 1. The van der Waals surface area contributed by atoms with Crippen molar-refractivity contribution in [1.29, 1.82) is 0 Å². The summed E-state index contributed by atoms with van der Waals surface area (Å²) in [5, 5.41) is 15.3. The van der Waals surface area contributed by atoms with Gasteiger partial charge in [0.15, 0.2) is 5.03 Å². The summed E-state index contributed by atoms with van der Waals surface area (Å²) in [6.07, 6.45) is 1.32. The van der Waals surface area contributed by atoms with Crippen molar-refractivity contribution < 1.29 is 57.3 Å². The van der Waals surface area contributed by atoms with Gasteiger partial charge in [0, 0.05) is 19.3 Å². The summed E-state index contributed by atoms with van der Waals surface area (Å²) in [7, 11) is -0.958. The van der Waals surface area contributed by atoms with Gasteiger partial charge < -0.3 is 19.4 Å². The number of ether oxygens (including phenoxy) is 2. The molecular weight excluding hydrogens is 469 g/mol. The second kappa shape index (κ2) is 11.4. The Morgan fingerprint density at radius 3 is 1.76 bits per heavy atom. The summed E-state index contributed by atoms with van der Waals surface area (Å²) in [6.45, 7) is 2.93. The maximum Gasteiger partial charge on any atom is 1.00 e. The van der Waals surface area contributed by atoms with Crippen LogP contribution >= 0.6 is 0 Å². The first-order valence-electron chi connectivity index (χ1n) is 10.1. The zero-order chi connectivity index (χ0) is 24.2. The SMILES string of the molecule is COc1ccc(CN(Cc2ccc(OC)cc2)S(=O)(=O)c2ccn(C(C)(C)C(=O)[O-])n2)cc1.[Na+]. The molecule has 0 saturated heterocycles. The van der Waals surface area contributed by atoms with Crippen LogP contribution in [-0.4, -0.2) is 42.7 Å². The molecule has 0 atom stereocenters. The molecule has 0 N–H and O–H groups in total. The smallest absolute Gasteiger partial charge is 0.548 e. The third-order valence-corrected chi connectivity index (χ3v) is 6.96. The van der Waals surface area contributed by atoms with Crippen LogP contribution in [0.25, 0.3) is 0 Å². The molecule has 0 unspecified atom stereocenters. The van der Waals surface area contributed by atoms with Crippen molar-refractivity contribution in [3.05, 3.63) is 71.9 Å². The first kappa shape index (κ1) is 27.9. The monoisotopic (exact) mass is 495 g/mol. The maximum absolute atomic E-state index is 13.5. The Morgan fingerprint density at radius 2 is 1.38 bits per heavy atom. The molecule has 1 aromatic heterocycles. The van der Waals surface area contributed by atoms with Gasteiger partial charge in [-0.25, -0.2) is 8.42 Å². The van der Waals surface area contributed by atoms with Crippen molar-refractivity contribution in [2.75, 3.05) is 14.2 Å². The molecule has 0 fully saturated rings. The van der Waals surface area contributed by atoms with Gasteiger partial charge in [-0.3, -0.25) is 4.68 Å². The molecule has 3 rings (SSSR count). The normalized spacial score (nSPS) is 11.7. The number of rotatable bonds is 10. The number of carbonyl (C=O) groups excluding carboxylic acids is 1. The minimum absolute atomic E-state index is 0. The van der Waals surface area contributed by atoms with Gasteiger partial charge in [-0.2, -0.15) is 9.40 Å². The standard InChI is InChI=1S/C23H27N3O6S.Na/c1-23(2,22(27)28)26-14-13-21(24-26)33(29,30)25(15-17-5-9-19(31-3)10-6-17)16-18-7-11-20(32-4)12-8-18;/h5-14H,15-16H2,1-4H3,(H,27,28);/q;+1/p-1. The van der Waals surface area contributed by atoms with Gasteiger partial charge >= 0.3 is 29.6 Å². The van der Waals surface area contributed by atoms with Gasteiger partial charge in [0.25, 0.3) is 10.0 Å². The Bertz CT molecular complexity index is 1160. The van der Waals surface area contributed by atoms with E-state index in [2.05, 4.69) is 5.10 Å². The molecule has 0 bridgehead atoms. The predicted molar refractivity (Wildman–Crippen MR) is 119 cm³/mol. The third kappa shape index (κ3) is 6.19. The van der Waals surface area contributed by atoms with Crippen molar-refractivity contribution >= 4 is 16.0 Å². The van der Waals surface area contributed by atoms with Crippen LogP contribution in [0.3, 0.4) is 0 Å². The van der Waals surface area contributed by atoms with E-state index >= 15 is 0 Å². The summed E-state index contributed by atoms with van der Waals surface area (Å²) >= 11 is 0. The molecule has 11 heteroatoms. The van der Waals surface area contributed by atoms with E-state index in [0.29, 0.717) is 11.5 Å². The van der Waals surface area contributed by atoms with Gasteiger partial charge in [-0.05, 0) is 55.3 Å². The van der Waals surface area contributed by atoms with E-state index in [1.807, 2.05) is 0 Å². The zero-order valence-electron chi connectivity index (χ0n) is 19.9. The summed E-state index contributed by atoms with van der Waals surface area (Å²) in [6, 6.07) is 15.4. The number of aliphatic carboxylic acids is 1. The Balaban J connectivity index is 0.00000408. The number of carbonyl (C=O) groups is 1. The number of hydrogen-bond donors (Lipinski definition) is 0. The van der Waals surface area contributed by atoms with Crippen LogP contribution in [0.1, 0.15) is 25.0 Å². The van der Waals surface area contributed by atoms with Crippen molar-refractivity contribution in [2.24, 2.45) is 0 Å². The quantitative estimate of drug-likeness (QED) is 0.324. The van der Waals surface area contributed by atoms with Crippen molar-refractivity contribution in [3.63, 3.8) is 0 Å². The van der Waals surface area contributed by atoms with Gasteiger partial charge in [0.2, 0.25) is 0 Å². The molecule has 0 spiro atoms. The van der Waals surface area contributed by atoms with Crippen LogP contribution in [0.5, 0.6) is 11.5 Å². The van der Waals surface area contributed by atoms with Crippen LogP contribution < -0.4 is 44.1 Å². The summed E-state index contributed by atoms with van der Waals surface area (Å²) < 4.78 is 39.8. The molecule has 0 saturated carbocycles. The topological polar surface area (TPSA) is 114 Å². The molecule has 0 aliphatic heterocycles. The van der Waals surface area contributed by atoms with Gasteiger partial charge in [-0.15, -0.1) is 0 Å². The van der Waals surface area contributed by atoms with E-state index in [0.717, 1.165) is 15.8 Å². The first-order valence-corrected chi connectivity index (χ1v) is 11.6. The fourth-order valence-electron chi connectivity index (χ4n) is 3.08. The minimum atomic E-state index is -4.07. The Hall–Kier alpha value is -2.37. The van der Waals surface area contributed by atoms with Crippen LogP contribution in [0, 0.1) is 0 Å². The molecule has 3 aromatic rings. The van der Waals surface area contributed by atoms with E-state index in [9.17, 15) is 18.3 Å². The maximum atomic E-state index is 13.5. The minimum Gasteiger partial charge on any atom is -0.548 e. The molecule has 2 aromatic carbocycles. The number of nitrogens with zero attached hydrogens (tertiary/aromatic N) is 3. The Labute approximate surface area is 221 Å². The van der Waals surface area contributed by atoms with E-state index in [1.165, 1.54) is 30.4 Å². The molecule has 34 heavy (non-hydrogen) atoms. The molecule has 176 valence electrons. The molecule has 0 aliphatic carbocycles. The van der Waals surface area contributed by atoms with Gasteiger partial charge in [-0.1, -0.05) is 24.3 Å². The molecule has 0 radical (unpaired) electrons. The number of benzene rings is 2. The Morgan fingerprint density at radius 1 is 0.941 bits per heavy atom. The second-order valence-electron chi connectivity index (χ2n) is 7.91. The average molecular weight is 496 g/mol. The molecule has 0 aliphatic rings. The number of carboxylic acids is 1. The van der Waals surface area contributed by atoms with Crippen LogP contribution in [0.15, 0.2) is 65.8 Å². The van der Waals surface area contributed by atoms with Crippen LogP contribution in [0.2, 0.25) is 0 Å². The Kier molecular flexibility index (Phi) is 9.32. The summed E-state index contributed by atoms with van der Waals surface area (Å²) in [5.41, 5.74) is -0.00494. The van der Waals surface area contributed by atoms with Gasteiger partial charge in [0.05, 0.1) is 25.7 Å². The van der Waals surface area contributed by atoms with Crippen LogP contribution in [-0.2, 0) is 33.4 Å². The average Bonchev–Trinajstić information content (AvgIpc) is 3.31. The molecular formula is C23H26N3NaO6S. The van der Waals surface area contributed by atoms with E-state index in [4.69, 9.17) is 9.47 Å². The number of hydrogen-bond acceptors (Lipinski definition) is 7.